The first-order chi connectivity index (χ1) is 15.7. The van der Waals surface area contributed by atoms with Crippen LogP contribution in [0.1, 0.15) is 28.8 Å². The molecule has 2 aliphatic rings. The van der Waals surface area contributed by atoms with Gasteiger partial charge in [0.25, 0.3) is 5.91 Å². The van der Waals surface area contributed by atoms with Crippen LogP contribution in [-0.2, 0) is 16.1 Å². The Kier molecular flexibility index (Phi) is 8.44. The van der Waals surface area contributed by atoms with Gasteiger partial charge in [0.2, 0.25) is 0 Å². The van der Waals surface area contributed by atoms with Gasteiger partial charge >= 0.3 is 12.1 Å². The SMILES string of the molecule is O=C(O)C(F)(F)F.O=C(c1ccsc1)N1CCC2(CC1)COCCN(Cc1cccnc1)C2. The van der Waals surface area contributed by atoms with Gasteiger partial charge in [-0.05, 0) is 35.9 Å². The van der Waals surface area contributed by atoms with Gasteiger partial charge in [-0.15, -0.1) is 0 Å². The monoisotopic (exact) mass is 485 g/mol. The number of carbonyl (C=O) groups is 2. The van der Waals surface area contributed by atoms with Gasteiger partial charge in [0.1, 0.15) is 0 Å². The molecule has 0 aliphatic carbocycles. The van der Waals surface area contributed by atoms with E-state index in [0.717, 1.165) is 64.3 Å². The molecule has 0 unspecified atom stereocenters. The quantitative estimate of drug-likeness (QED) is 0.716. The molecule has 180 valence electrons. The number of hydrogen-bond donors (Lipinski definition) is 1. The molecule has 11 heteroatoms. The third-order valence-electron chi connectivity index (χ3n) is 5.77. The highest BCUT2D eigenvalue weighted by Gasteiger charge is 2.39. The minimum Gasteiger partial charge on any atom is -0.475 e. The number of hydrogen-bond acceptors (Lipinski definition) is 6. The summed E-state index contributed by atoms with van der Waals surface area (Å²) in [6.07, 6.45) is 0.691. The van der Waals surface area contributed by atoms with E-state index in [1.54, 1.807) is 11.3 Å². The molecule has 7 nitrogen and oxygen atoms in total. The molecular formula is C22H26F3N3O4S. The van der Waals surface area contributed by atoms with E-state index >= 15 is 0 Å². The topological polar surface area (TPSA) is 83.0 Å². The van der Waals surface area contributed by atoms with E-state index in [1.807, 2.05) is 40.2 Å². The van der Waals surface area contributed by atoms with Crippen molar-refractivity contribution in [3.63, 3.8) is 0 Å². The fourth-order valence-corrected chi connectivity index (χ4v) is 4.65. The van der Waals surface area contributed by atoms with Gasteiger partial charge in [0.05, 0.1) is 18.8 Å². The number of aliphatic carboxylic acids is 1. The minimum absolute atomic E-state index is 0.157. The van der Waals surface area contributed by atoms with E-state index in [0.29, 0.717) is 0 Å². The number of thiophene rings is 1. The highest BCUT2D eigenvalue weighted by molar-refractivity contribution is 7.08. The van der Waals surface area contributed by atoms with Crippen molar-refractivity contribution >= 4 is 23.2 Å². The lowest BCUT2D eigenvalue weighted by Gasteiger charge is -2.42. The van der Waals surface area contributed by atoms with Crippen LogP contribution in [0, 0.1) is 5.41 Å². The van der Waals surface area contributed by atoms with Crippen molar-refractivity contribution in [1.82, 2.24) is 14.8 Å². The Labute approximate surface area is 193 Å². The summed E-state index contributed by atoms with van der Waals surface area (Å²) in [6, 6.07) is 6.04. The predicted molar refractivity (Wildman–Crippen MR) is 116 cm³/mol. The number of ether oxygens (including phenoxy) is 1. The number of likely N-dealkylation sites (tertiary alicyclic amines) is 1. The first kappa shape index (κ1) is 25.1. The Morgan fingerprint density at radius 2 is 1.94 bits per heavy atom. The highest BCUT2D eigenvalue weighted by atomic mass is 32.1. The number of pyridine rings is 1. The number of alkyl halides is 3. The Bertz CT molecular complexity index is 901. The smallest absolute Gasteiger partial charge is 0.475 e. The average Bonchev–Trinajstić information content (AvgIpc) is 3.25. The molecule has 0 atom stereocenters. The normalized spacial score (nSPS) is 18.8. The molecule has 2 aromatic rings. The van der Waals surface area contributed by atoms with Crippen molar-refractivity contribution in [2.45, 2.75) is 25.6 Å². The van der Waals surface area contributed by atoms with Crippen molar-refractivity contribution in [2.75, 3.05) is 39.4 Å². The van der Waals surface area contributed by atoms with Gasteiger partial charge in [-0.2, -0.15) is 24.5 Å². The van der Waals surface area contributed by atoms with E-state index in [2.05, 4.69) is 16.0 Å². The Balaban J connectivity index is 0.000000383. The van der Waals surface area contributed by atoms with Crippen LogP contribution in [0.5, 0.6) is 0 Å². The number of aromatic nitrogens is 1. The second-order valence-corrected chi connectivity index (χ2v) is 9.01. The van der Waals surface area contributed by atoms with Crippen LogP contribution >= 0.6 is 11.3 Å². The largest absolute Gasteiger partial charge is 0.490 e. The lowest BCUT2D eigenvalue weighted by molar-refractivity contribution is -0.192. The lowest BCUT2D eigenvalue weighted by Crippen LogP contribution is -2.48. The average molecular weight is 486 g/mol. The number of carbonyl (C=O) groups excluding carboxylic acids is 1. The van der Waals surface area contributed by atoms with Crippen LogP contribution in [0.25, 0.3) is 0 Å². The molecule has 1 amide bonds. The summed E-state index contributed by atoms with van der Waals surface area (Å²) in [5.41, 5.74) is 2.22. The summed E-state index contributed by atoms with van der Waals surface area (Å²) >= 11 is 1.58. The number of rotatable bonds is 3. The molecule has 0 aromatic carbocycles. The predicted octanol–water partition coefficient (Wildman–Crippen LogP) is 3.53. The maximum atomic E-state index is 12.6. The van der Waals surface area contributed by atoms with E-state index in [9.17, 15) is 18.0 Å². The van der Waals surface area contributed by atoms with E-state index in [-0.39, 0.29) is 11.3 Å². The summed E-state index contributed by atoms with van der Waals surface area (Å²) in [5, 5.41) is 11.0. The Hall–Kier alpha value is -2.50. The van der Waals surface area contributed by atoms with Crippen LogP contribution in [0.2, 0.25) is 0 Å². The highest BCUT2D eigenvalue weighted by Crippen LogP contribution is 2.35. The molecule has 0 radical (unpaired) electrons. The number of carboxylic acids is 1. The van der Waals surface area contributed by atoms with Crippen molar-refractivity contribution in [3.05, 3.63) is 52.5 Å². The molecule has 33 heavy (non-hydrogen) atoms. The van der Waals surface area contributed by atoms with Crippen LogP contribution in [0.4, 0.5) is 13.2 Å². The van der Waals surface area contributed by atoms with Crippen LogP contribution < -0.4 is 0 Å². The zero-order valence-electron chi connectivity index (χ0n) is 18.0. The number of piperidine rings is 1. The maximum absolute atomic E-state index is 12.6. The third-order valence-corrected chi connectivity index (χ3v) is 6.45. The Morgan fingerprint density at radius 3 is 2.52 bits per heavy atom. The van der Waals surface area contributed by atoms with Gasteiger partial charge in [0, 0.05) is 55.9 Å². The fourth-order valence-electron chi connectivity index (χ4n) is 4.02. The fraction of sp³-hybridized carbons (Fsp3) is 0.500. The first-order valence-corrected chi connectivity index (χ1v) is 11.4. The minimum atomic E-state index is -5.08. The Morgan fingerprint density at radius 1 is 1.21 bits per heavy atom. The molecule has 1 spiro atoms. The van der Waals surface area contributed by atoms with Crippen LogP contribution in [-0.4, -0.2) is 77.3 Å². The van der Waals surface area contributed by atoms with Crippen molar-refractivity contribution in [3.8, 4) is 0 Å². The van der Waals surface area contributed by atoms with E-state index < -0.39 is 12.1 Å². The summed E-state index contributed by atoms with van der Waals surface area (Å²) < 4.78 is 37.7. The molecule has 4 heterocycles. The third kappa shape index (κ3) is 7.24. The van der Waals surface area contributed by atoms with Gasteiger partial charge < -0.3 is 14.7 Å². The number of halogens is 3. The van der Waals surface area contributed by atoms with Gasteiger partial charge in [0.15, 0.2) is 0 Å². The number of nitrogens with zero attached hydrogens (tertiary/aromatic N) is 3. The number of amides is 1. The van der Waals surface area contributed by atoms with E-state index in [4.69, 9.17) is 14.6 Å². The zero-order chi connectivity index (χ0) is 23.9. The van der Waals surface area contributed by atoms with Crippen LogP contribution in [0.15, 0.2) is 41.4 Å². The molecule has 2 fully saturated rings. The summed E-state index contributed by atoms with van der Waals surface area (Å²) in [7, 11) is 0. The van der Waals surface area contributed by atoms with Crippen molar-refractivity contribution < 1.29 is 32.6 Å². The molecule has 2 saturated heterocycles. The van der Waals surface area contributed by atoms with Gasteiger partial charge in [-0.25, -0.2) is 4.79 Å². The second kappa shape index (κ2) is 11.1. The van der Waals surface area contributed by atoms with E-state index in [1.165, 1.54) is 5.56 Å². The zero-order valence-corrected chi connectivity index (χ0v) is 18.8. The molecule has 1 N–H and O–H groups in total. The molecular weight excluding hydrogens is 459 g/mol. The van der Waals surface area contributed by atoms with Crippen molar-refractivity contribution in [2.24, 2.45) is 5.41 Å². The molecule has 0 bridgehead atoms. The van der Waals surface area contributed by atoms with Gasteiger partial charge in [-0.3, -0.25) is 14.7 Å². The lowest BCUT2D eigenvalue weighted by atomic mass is 9.78. The molecule has 2 aromatic heterocycles. The molecule has 0 saturated carbocycles. The maximum Gasteiger partial charge on any atom is 0.490 e. The van der Waals surface area contributed by atoms with Crippen molar-refractivity contribution in [1.29, 1.82) is 0 Å². The summed E-state index contributed by atoms with van der Waals surface area (Å²) in [5.74, 6) is -2.59. The first-order valence-electron chi connectivity index (χ1n) is 10.5. The second-order valence-electron chi connectivity index (χ2n) is 8.23. The van der Waals surface area contributed by atoms with Gasteiger partial charge in [-0.1, -0.05) is 6.07 Å². The standard InChI is InChI=1S/C20H25N3O2S.C2HF3O2/c24-19(18-3-11-26-14-18)23-7-4-20(5-8-23)15-22(9-10-25-16-20)13-17-2-1-6-21-12-17;3-2(4,5)1(6)7/h1-3,6,11-12,14H,4-5,7-10,13,15-16H2;(H,6,7). The van der Waals surface area contributed by atoms with Crippen LogP contribution in [0.3, 0.4) is 0 Å². The summed E-state index contributed by atoms with van der Waals surface area (Å²) in [4.78, 5) is 30.2. The molecule has 2 aliphatic heterocycles. The summed E-state index contributed by atoms with van der Waals surface area (Å²) in [6.45, 7) is 6.11. The molecule has 4 rings (SSSR count). The number of carboxylic acid groups (broad SMARTS) is 1.